The lowest BCUT2D eigenvalue weighted by atomic mass is 9.55. The number of amidine groups is 1. The number of ether oxygens (including phenoxy) is 3. The fourth-order valence-corrected chi connectivity index (χ4v) is 5.00. The Bertz CT molecular complexity index is 1150. The van der Waals surface area contributed by atoms with E-state index in [0.29, 0.717) is 19.8 Å². The molecule has 2 N–H and O–H groups in total. The van der Waals surface area contributed by atoms with E-state index in [1.807, 2.05) is 37.3 Å². The molecule has 0 aromatic heterocycles. The van der Waals surface area contributed by atoms with Crippen LogP contribution in [0.4, 0.5) is 0 Å². The molecule has 1 fully saturated rings. The van der Waals surface area contributed by atoms with Crippen LogP contribution in [0.2, 0.25) is 0 Å². The van der Waals surface area contributed by atoms with E-state index in [9.17, 15) is 0 Å². The Morgan fingerprint density at radius 1 is 1.10 bits per heavy atom. The summed E-state index contributed by atoms with van der Waals surface area (Å²) >= 11 is 0. The first-order valence-electron chi connectivity index (χ1n) is 10.5. The normalized spacial score (nSPS) is 29.5. The second-order valence-electron chi connectivity index (χ2n) is 8.84. The highest BCUT2D eigenvalue weighted by molar-refractivity contribution is 5.80. The Labute approximate surface area is 183 Å². The topological polar surface area (TPSA) is 66.1 Å². The lowest BCUT2D eigenvalue weighted by molar-refractivity contribution is -0.247. The molecule has 3 heterocycles. The third kappa shape index (κ3) is 2.79. The van der Waals surface area contributed by atoms with Gasteiger partial charge in [-0.15, -0.1) is 5.92 Å². The molecule has 0 bridgehead atoms. The van der Waals surface area contributed by atoms with Crippen LogP contribution in [-0.4, -0.2) is 31.4 Å². The van der Waals surface area contributed by atoms with Gasteiger partial charge in [-0.3, -0.25) is 0 Å². The first-order valence-corrected chi connectivity index (χ1v) is 10.5. The number of rotatable bonds is 1. The summed E-state index contributed by atoms with van der Waals surface area (Å²) in [5.41, 5.74) is 8.66. The number of benzene rings is 1. The van der Waals surface area contributed by atoms with Crippen LogP contribution in [0.1, 0.15) is 31.9 Å². The van der Waals surface area contributed by atoms with Gasteiger partial charge in [0.15, 0.2) is 0 Å². The van der Waals surface area contributed by atoms with Crippen LogP contribution in [0.3, 0.4) is 0 Å². The minimum Gasteiger partial charge on any atom is -0.487 e. The zero-order chi connectivity index (χ0) is 21.7. The first-order chi connectivity index (χ1) is 14.9. The lowest BCUT2D eigenvalue weighted by Crippen LogP contribution is -2.71. The molecule has 0 saturated carbocycles. The zero-order valence-corrected chi connectivity index (χ0v) is 18.1. The van der Waals surface area contributed by atoms with Crippen molar-refractivity contribution >= 4 is 11.6 Å². The molecular formula is C26H26N2O3. The van der Waals surface area contributed by atoms with Gasteiger partial charge in [-0.2, -0.15) is 0 Å². The van der Waals surface area contributed by atoms with Gasteiger partial charge in [0, 0.05) is 11.1 Å². The van der Waals surface area contributed by atoms with E-state index in [1.165, 1.54) is 0 Å². The highest BCUT2D eigenvalue weighted by Gasteiger charge is 2.71. The van der Waals surface area contributed by atoms with E-state index in [0.717, 1.165) is 28.0 Å². The highest BCUT2D eigenvalue weighted by Crippen LogP contribution is 2.62. The third-order valence-electron chi connectivity index (χ3n) is 6.85. The Morgan fingerprint density at radius 2 is 1.94 bits per heavy atom. The van der Waals surface area contributed by atoms with Gasteiger partial charge < -0.3 is 19.9 Å². The number of hydrogen-bond donors (Lipinski definition) is 1. The quantitative estimate of drug-likeness (QED) is 0.709. The predicted octanol–water partition coefficient (Wildman–Crippen LogP) is 3.87. The summed E-state index contributed by atoms with van der Waals surface area (Å²) < 4.78 is 18.0. The molecule has 5 rings (SSSR count). The lowest BCUT2D eigenvalue weighted by Gasteiger charge is -2.61. The van der Waals surface area contributed by atoms with Gasteiger partial charge in [-0.05, 0) is 56.2 Å². The Kier molecular flexibility index (Phi) is 4.39. The van der Waals surface area contributed by atoms with E-state index in [4.69, 9.17) is 24.9 Å². The Morgan fingerprint density at radius 3 is 2.61 bits per heavy atom. The average Bonchev–Trinajstić information content (AvgIpc) is 3.04. The van der Waals surface area contributed by atoms with Gasteiger partial charge in [0.25, 0.3) is 6.02 Å². The molecule has 0 radical (unpaired) electrons. The van der Waals surface area contributed by atoms with Gasteiger partial charge in [0.05, 0.1) is 18.6 Å². The summed E-state index contributed by atoms with van der Waals surface area (Å²) in [4.78, 5) is 4.89. The minimum absolute atomic E-state index is 0.221. The van der Waals surface area contributed by atoms with Gasteiger partial charge >= 0.3 is 0 Å². The summed E-state index contributed by atoms with van der Waals surface area (Å²) in [7, 11) is 0. The molecule has 5 heteroatoms. The van der Waals surface area contributed by atoms with Gasteiger partial charge in [-0.25, -0.2) is 4.99 Å². The second-order valence-corrected chi connectivity index (χ2v) is 8.84. The monoisotopic (exact) mass is 414 g/mol. The molecule has 1 aliphatic carbocycles. The molecule has 1 atom stereocenters. The fraction of sp³-hybridized carbons (Fsp3) is 0.346. The highest BCUT2D eigenvalue weighted by atomic mass is 16.5. The smallest absolute Gasteiger partial charge is 0.283 e. The second kappa shape index (κ2) is 6.90. The third-order valence-corrected chi connectivity index (χ3v) is 6.85. The summed E-state index contributed by atoms with van der Waals surface area (Å²) in [6.07, 6.45) is 12.2. The molecule has 4 aliphatic rings. The molecule has 0 amide bonds. The van der Waals surface area contributed by atoms with E-state index in [1.54, 1.807) is 0 Å². The van der Waals surface area contributed by atoms with Crippen molar-refractivity contribution in [2.45, 2.75) is 31.9 Å². The summed E-state index contributed by atoms with van der Waals surface area (Å²) in [5.74, 6) is 6.96. The number of allylic oxidation sites excluding steroid dienone is 8. The van der Waals surface area contributed by atoms with Crippen molar-refractivity contribution in [1.82, 2.24) is 0 Å². The zero-order valence-electron chi connectivity index (χ0n) is 18.1. The summed E-state index contributed by atoms with van der Waals surface area (Å²) in [5, 5.41) is 0. The molecule has 3 aliphatic heterocycles. The predicted molar refractivity (Wildman–Crippen MR) is 121 cm³/mol. The Balaban J connectivity index is 1.69. The van der Waals surface area contributed by atoms with Crippen molar-refractivity contribution in [1.29, 1.82) is 0 Å². The molecular weight excluding hydrogens is 388 g/mol. The maximum absolute atomic E-state index is 6.52. The van der Waals surface area contributed by atoms with Crippen molar-refractivity contribution < 1.29 is 14.2 Å². The van der Waals surface area contributed by atoms with Crippen molar-refractivity contribution in [2.24, 2.45) is 16.1 Å². The van der Waals surface area contributed by atoms with E-state index < -0.39 is 11.1 Å². The number of nitrogens with zero attached hydrogens (tertiary/aromatic N) is 1. The first kappa shape index (κ1) is 19.7. The molecule has 31 heavy (non-hydrogen) atoms. The molecule has 1 aromatic rings. The fourth-order valence-electron chi connectivity index (χ4n) is 5.00. The molecule has 158 valence electrons. The molecule has 1 aromatic carbocycles. The van der Waals surface area contributed by atoms with E-state index in [2.05, 4.69) is 50.0 Å². The van der Waals surface area contributed by atoms with Crippen LogP contribution in [-0.2, 0) is 15.0 Å². The van der Waals surface area contributed by atoms with Crippen LogP contribution in [0.5, 0.6) is 5.75 Å². The largest absolute Gasteiger partial charge is 0.487 e. The van der Waals surface area contributed by atoms with Crippen LogP contribution in [0, 0.1) is 17.3 Å². The maximum Gasteiger partial charge on any atom is 0.283 e. The van der Waals surface area contributed by atoms with Crippen LogP contribution in [0.15, 0.2) is 65.2 Å². The maximum atomic E-state index is 6.52. The number of nitrogens with two attached hydrogens (primary N) is 1. The molecule has 2 spiro atoms. The van der Waals surface area contributed by atoms with Crippen molar-refractivity contribution in [2.75, 3.05) is 19.8 Å². The van der Waals surface area contributed by atoms with Gasteiger partial charge in [-0.1, -0.05) is 36.3 Å². The van der Waals surface area contributed by atoms with Crippen LogP contribution in [0.25, 0.3) is 5.57 Å². The minimum atomic E-state index is -0.643. The molecule has 1 unspecified atom stereocenters. The summed E-state index contributed by atoms with van der Waals surface area (Å²) in [6, 6.07) is 6.50. The number of fused-ring (bicyclic) bond motifs is 3. The number of aliphatic imine (C=N–C) groups is 1. The van der Waals surface area contributed by atoms with Crippen LogP contribution < -0.4 is 10.5 Å². The van der Waals surface area contributed by atoms with Crippen molar-refractivity contribution in [3.63, 3.8) is 0 Å². The van der Waals surface area contributed by atoms with E-state index in [-0.39, 0.29) is 11.4 Å². The molecule has 1 saturated heterocycles. The molecule has 5 nitrogen and oxygen atoms in total. The van der Waals surface area contributed by atoms with E-state index >= 15 is 0 Å². The SMILES string of the molecule is CC#CC1=C/C(c2ccc3c(c2)C2(COC(N)=N2)C2(COC2)C(C)(C)O3)=C\C=C\C=C1. The number of hydrogen-bond acceptors (Lipinski definition) is 5. The Hall–Kier alpha value is -3.23. The van der Waals surface area contributed by atoms with Crippen LogP contribution >= 0.6 is 0 Å². The standard InChI is InChI=1S/C26H26N2O3/c1-4-8-18-9-6-5-7-10-19(13-18)20-11-12-22-21(14-20)26(17-30-23(27)28-26)25(15-29-16-25)24(2,3)31-22/h5-7,9-14H,15-17H2,1-3H3,(H2,27,28)/b6-5?,7-5+,9-6?,10-7?,18-9?,18-13?,19-10+,19-13?. The van der Waals surface area contributed by atoms with Crippen molar-refractivity contribution in [3.05, 3.63) is 71.4 Å². The van der Waals surface area contributed by atoms with Gasteiger partial charge in [0.2, 0.25) is 0 Å². The average molecular weight is 415 g/mol. The summed E-state index contributed by atoms with van der Waals surface area (Å²) in [6.45, 7) is 7.54. The van der Waals surface area contributed by atoms with Crippen molar-refractivity contribution in [3.8, 4) is 17.6 Å². The van der Waals surface area contributed by atoms with Gasteiger partial charge in [0.1, 0.15) is 23.5 Å².